The lowest BCUT2D eigenvalue weighted by Crippen LogP contribution is -2.42. The van der Waals surface area contributed by atoms with E-state index in [0.717, 1.165) is 25.7 Å². The summed E-state index contributed by atoms with van der Waals surface area (Å²) in [6, 6.07) is 4.92. The van der Waals surface area contributed by atoms with E-state index < -0.39 is 0 Å². The highest BCUT2D eigenvalue weighted by molar-refractivity contribution is 6.34. The van der Waals surface area contributed by atoms with Crippen LogP contribution in [0.2, 0.25) is 5.02 Å². The maximum absolute atomic E-state index is 12.6. The zero-order valence-electron chi connectivity index (χ0n) is 10.8. The second-order valence-corrected chi connectivity index (χ2v) is 5.30. The highest BCUT2D eigenvalue weighted by atomic mass is 35.5. The Morgan fingerprint density at radius 3 is 2.89 bits per heavy atom. The highest BCUT2D eigenvalue weighted by Crippen LogP contribution is 2.26. The molecule has 1 unspecified atom stereocenters. The van der Waals surface area contributed by atoms with Crippen LogP contribution in [0.5, 0.6) is 0 Å². The summed E-state index contributed by atoms with van der Waals surface area (Å²) in [7, 11) is 0. The molecule has 1 amide bonds. The maximum atomic E-state index is 12.6. The van der Waals surface area contributed by atoms with Gasteiger partial charge < -0.3 is 15.7 Å². The van der Waals surface area contributed by atoms with Crippen LogP contribution in [0.15, 0.2) is 18.2 Å². The normalized spacial score (nSPS) is 20.1. The first-order valence-electron chi connectivity index (χ1n) is 6.61. The van der Waals surface area contributed by atoms with Crippen LogP contribution in [0.4, 0.5) is 5.69 Å². The molecular weight excluding hydrogens is 264 g/mol. The van der Waals surface area contributed by atoms with E-state index >= 15 is 0 Å². The van der Waals surface area contributed by atoms with Gasteiger partial charge in [0.1, 0.15) is 0 Å². The van der Waals surface area contributed by atoms with Gasteiger partial charge in [0.05, 0.1) is 23.2 Å². The number of anilines is 1. The van der Waals surface area contributed by atoms with Gasteiger partial charge in [0.25, 0.3) is 5.91 Å². The number of hydrogen-bond donors (Lipinski definition) is 2. The highest BCUT2D eigenvalue weighted by Gasteiger charge is 2.28. The number of halogens is 1. The quantitative estimate of drug-likeness (QED) is 0.818. The second-order valence-electron chi connectivity index (χ2n) is 4.89. The summed E-state index contributed by atoms with van der Waals surface area (Å²) < 4.78 is 0. The smallest absolute Gasteiger partial charge is 0.257 e. The van der Waals surface area contributed by atoms with E-state index in [1.54, 1.807) is 23.1 Å². The van der Waals surface area contributed by atoms with E-state index in [-0.39, 0.29) is 18.6 Å². The molecule has 1 atom stereocenters. The molecule has 0 radical (unpaired) electrons. The average molecular weight is 283 g/mol. The number of amides is 1. The molecule has 4 nitrogen and oxygen atoms in total. The lowest BCUT2D eigenvalue weighted by molar-refractivity contribution is 0.0601. The van der Waals surface area contributed by atoms with Crippen molar-refractivity contribution in [3.63, 3.8) is 0 Å². The first kappa shape index (κ1) is 14.2. The van der Waals surface area contributed by atoms with Crippen LogP contribution in [0.1, 0.15) is 36.0 Å². The van der Waals surface area contributed by atoms with E-state index in [2.05, 4.69) is 0 Å². The molecule has 0 saturated carbocycles. The van der Waals surface area contributed by atoms with Crippen LogP contribution in [0, 0.1) is 0 Å². The zero-order valence-corrected chi connectivity index (χ0v) is 11.6. The second kappa shape index (κ2) is 6.26. The summed E-state index contributed by atoms with van der Waals surface area (Å²) in [6.07, 6.45) is 3.89. The van der Waals surface area contributed by atoms with Crippen molar-refractivity contribution >= 4 is 23.2 Å². The van der Waals surface area contributed by atoms with Crippen LogP contribution < -0.4 is 5.73 Å². The van der Waals surface area contributed by atoms with Crippen molar-refractivity contribution in [1.29, 1.82) is 0 Å². The van der Waals surface area contributed by atoms with Gasteiger partial charge in [-0.05, 0) is 25.0 Å². The third-order valence-corrected chi connectivity index (χ3v) is 3.92. The summed E-state index contributed by atoms with van der Waals surface area (Å²) in [5.74, 6) is -0.177. The van der Waals surface area contributed by atoms with Gasteiger partial charge in [-0.3, -0.25) is 4.79 Å². The number of carbonyl (C=O) groups is 1. The van der Waals surface area contributed by atoms with Gasteiger partial charge in [-0.1, -0.05) is 30.5 Å². The summed E-state index contributed by atoms with van der Waals surface area (Å²) in [4.78, 5) is 14.3. The third kappa shape index (κ3) is 3.01. The molecule has 5 heteroatoms. The fourth-order valence-corrected chi connectivity index (χ4v) is 2.81. The third-order valence-electron chi connectivity index (χ3n) is 3.61. The molecule has 104 valence electrons. The minimum Gasteiger partial charge on any atom is -0.398 e. The van der Waals surface area contributed by atoms with Crippen molar-refractivity contribution in [3.8, 4) is 0 Å². The molecule has 0 bridgehead atoms. The van der Waals surface area contributed by atoms with E-state index in [1.807, 2.05) is 0 Å². The Labute approximate surface area is 118 Å². The number of nitrogens with zero attached hydrogens (tertiary/aromatic N) is 1. The number of nitrogens with two attached hydrogens (primary N) is 1. The molecular formula is C14H19ClN2O2. The number of likely N-dealkylation sites (tertiary alicyclic amines) is 1. The molecule has 1 aromatic carbocycles. The van der Waals surface area contributed by atoms with Crippen LogP contribution in [-0.2, 0) is 0 Å². The van der Waals surface area contributed by atoms with Gasteiger partial charge in [-0.25, -0.2) is 0 Å². The Balaban J connectivity index is 2.30. The molecule has 1 aliphatic rings. The number of nitrogen functional groups attached to an aromatic ring is 1. The topological polar surface area (TPSA) is 66.6 Å². The molecule has 0 spiro atoms. The fourth-order valence-electron chi connectivity index (χ4n) is 2.54. The summed E-state index contributed by atoms with van der Waals surface area (Å²) in [5.41, 5.74) is 6.60. The molecule has 1 aliphatic heterocycles. The van der Waals surface area contributed by atoms with Crippen molar-refractivity contribution in [3.05, 3.63) is 28.8 Å². The summed E-state index contributed by atoms with van der Waals surface area (Å²) in [5, 5.41) is 9.83. The number of aliphatic hydroxyl groups excluding tert-OH is 1. The van der Waals surface area contributed by atoms with Crippen molar-refractivity contribution in [2.24, 2.45) is 0 Å². The zero-order chi connectivity index (χ0) is 13.8. The molecule has 19 heavy (non-hydrogen) atoms. The Morgan fingerprint density at radius 2 is 2.21 bits per heavy atom. The first-order chi connectivity index (χ1) is 9.15. The summed E-state index contributed by atoms with van der Waals surface area (Å²) >= 11 is 6.09. The van der Waals surface area contributed by atoms with Crippen molar-refractivity contribution in [2.45, 2.75) is 31.7 Å². The molecule has 1 heterocycles. The van der Waals surface area contributed by atoms with E-state index in [0.29, 0.717) is 22.8 Å². The molecule has 1 fully saturated rings. The van der Waals surface area contributed by atoms with Gasteiger partial charge in [0.2, 0.25) is 0 Å². The number of hydrogen-bond acceptors (Lipinski definition) is 3. The number of rotatable bonds is 2. The molecule has 1 saturated heterocycles. The predicted molar refractivity (Wildman–Crippen MR) is 76.2 cm³/mol. The van der Waals surface area contributed by atoms with Crippen LogP contribution in [0.25, 0.3) is 0 Å². The molecule has 0 aromatic heterocycles. The Bertz CT molecular complexity index is 445. The van der Waals surface area contributed by atoms with Gasteiger partial charge in [0.15, 0.2) is 0 Å². The molecule has 0 aliphatic carbocycles. The van der Waals surface area contributed by atoms with Crippen LogP contribution in [-0.4, -0.2) is 35.1 Å². The Hall–Kier alpha value is -1.26. The number of benzene rings is 1. The van der Waals surface area contributed by atoms with E-state index in [1.165, 1.54) is 0 Å². The molecule has 1 aromatic rings. The van der Waals surface area contributed by atoms with Gasteiger partial charge in [0, 0.05) is 12.2 Å². The molecule has 3 N–H and O–H groups in total. The predicted octanol–water partition coefficient (Wildman–Crippen LogP) is 2.30. The fraction of sp³-hybridized carbons (Fsp3) is 0.500. The van der Waals surface area contributed by atoms with Gasteiger partial charge in [-0.2, -0.15) is 0 Å². The van der Waals surface area contributed by atoms with Gasteiger partial charge >= 0.3 is 0 Å². The van der Waals surface area contributed by atoms with E-state index in [4.69, 9.17) is 17.3 Å². The standard InChI is InChI=1S/C14H19ClN2O2/c15-11-6-4-7-12(16)13(11)14(19)17-8-3-1-2-5-10(17)9-18/h4,6-7,10,18H,1-3,5,8-9,16H2. The summed E-state index contributed by atoms with van der Waals surface area (Å²) in [6.45, 7) is 0.630. The van der Waals surface area contributed by atoms with Crippen molar-refractivity contribution in [2.75, 3.05) is 18.9 Å². The average Bonchev–Trinajstić information content (AvgIpc) is 2.63. The largest absolute Gasteiger partial charge is 0.398 e. The lowest BCUT2D eigenvalue weighted by atomic mass is 10.1. The lowest BCUT2D eigenvalue weighted by Gasteiger charge is -2.29. The first-order valence-corrected chi connectivity index (χ1v) is 6.98. The van der Waals surface area contributed by atoms with Gasteiger partial charge in [-0.15, -0.1) is 0 Å². The van der Waals surface area contributed by atoms with Crippen LogP contribution in [0.3, 0.4) is 0 Å². The molecule has 2 rings (SSSR count). The maximum Gasteiger partial charge on any atom is 0.257 e. The SMILES string of the molecule is Nc1cccc(Cl)c1C(=O)N1CCCCCC1CO. The minimum atomic E-state index is -0.177. The minimum absolute atomic E-state index is 0.0178. The Kier molecular flexibility index (Phi) is 4.66. The number of carbonyl (C=O) groups excluding carboxylic acids is 1. The number of aliphatic hydroxyl groups is 1. The van der Waals surface area contributed by atoms with Crippen molar-refractivity contribution in [1.82, 2.24) is 4.90 Å². The van der Waals surface area contributed by atoms with Crippen LogP contribution >= 0.6 is 11.6 Å². The monoisotopic (exact) mass is 282 g/mol. The van der Waals surface area contributed by atoms with Crippen molar-refractivity contribution < 1.29 is 9.90 Å². The Morgan fingerprint density at radius 1 is 1.42 bits per heavy atom. The van der Waals surface area contributed by atoms with E-state index in [9.17, 15) is 9.90 Å².